The molecule has 32 heavy (non-hydrogen) atoms. The molecule has 1 N–H and O–H groups in total. The van der Waals surface area contributed by atoms with Gasteiger partial charge in [0.05, 0.1) is 30.6 Å². The molecule has 8 heteroatoms. The van der Waals surface area contributed by atoms with Gasteiger partial charge in [0, 0.05) is 43.3 Å². The van der Waals surface area contributed by atoms with Crippen molar-refractivity contribution in [1.82, 2.24) is 14.5 Å². The number of fused-ring (bicyclic) bond motifs is 2. The lowest BCUT2D eigenvalue weighted by molar-refractivity contribution is -0.141. The van der Waals surface area contributed by atoms with Gasteiger partial charge in [-0.05, 0) is 49.0 Å². The summed E-state index contributed by atoms with van der Waals surface area (Å²) in [6.07, 6.45) is 6.43. The third-order valence-electron chi connectivity index (χ3n) is 7.27. The van der Waals surface area contributed by atoms with Crippen LogP contribution in [0.1, 0.15) is 18.4 Å². The summed E-state index contributed by atoms with van der Waals surface area (Å²) >= 11 is 0. The van der Waals surface area contributed by atoms with Crippen LogP contribution in [0, 0.1) is 5.41 Å². The molecular formula is C24H25N3O5. The number of pyridine rings is 2. The van der Waals surface area contributed by atoms with Gasteiger partial charge in [-0.1, -0.05) is 0 Å². The molecule has 1 aromatic carbocycles. The van der Waals surface area contributed by atoms with Crippen molar-refractivity contribution in [3.05, 3.63) is 52.7 Å². The van der Waals surface area contributed by atoms with Crippen molar-refractivity contribution < 1.29 is 19.4 Å². The van der Waals surface area contributed by atoms with Gasteiger partial charge >= 0.3 is 5.97 Å². The quantitative estimate of drug-likeness (QED) is 0.610. The molecule has 0 spiro atoms. The maximum Gasteiger partial charge on any atom is 0.311 e. The molecule has 8 nitrogen and oxygen atoms in total. The second-order valence-electron chi connectivity index (χ2n) is 8.87. The van der Waals surface area contributed by atoms with Crippen molar-refractivity contribution >= 4 is 16.7 Å². The first kappa shape index (κ1) is 20.5. The minimum Gasteiger partial charge on any atom is -0.496 e. The fourth-order valence-corrected chi connectivity index (χ4v) is 5.07. The molecule has 0 saturated heterocycles. The van der Waals surface area contributed by atoms with Gasteiger partial charge in [0.1, 0.15) is 11.5 Å². The van der Waals surface area contributed by atoms with E-state index in [1.807, 2.05) is 25.2 Å². The Hall–Kier alpha value is -3.39. The van der Waals surface area contributed by atoms with E-state index in [9.17, 15) is 14.7 Å². The second kappa shape index (κ2) is 6.80. The van der Waals surface area contributed by atoms with E-state index in [-0.39, 0.29) is 11.1 Å². The van der Waals surface area contributed by atoms with Gasteiger partial charge in [-0.3, -0.25) is 19.5 Å². The SMILES string of the molecule is COc1cc(-c2cn(C)c(=O)c3cnccc23)cc(OC)c1CN(C)C12CC1(C(=O)O)C2. The van der Waals surface area contributed by atoms with Crippen molar-refractivity contribution in [2.75, 3.05) is 21.3 Å². The Morgan fingerprint density at radius 2 is 1.88 bits per heavy atom. The highest BCUT2D eigenvalue weighted by molar-refractivity contribution is 5.95. The van der Waals surface area contributed by atoms with Crippen molar-refractivity contribution in [1.29, 1.82) is 0 Å². The van der Waals surface area contributed by atoms with Crippen molar-refractivity contribution in [3.8, 4) is 22.6 Å². The molecule has 166 valence electrons. The van der Waals surface area contributed by atoms with Crippen LogP contribution in [-0.2, 0) is 18.4 Å². The van der Waals surface area contributed by atoms with Gasteiger partial charge in [-0.2, -0.15) is 0 Å². The third-order valence-corrected chi connectivity index (χ3v) is 7.27. The monoisotopic (exact) mass is 435 g/mol. The van der Waals surface area contributed by atoms with E-state index in [1.54, 1.807) is 44.4 Å². The molecule has 3 aromatic rings. The smallest absolute Gasteiger partial charge is 0.311 e. The predicted molar refractivity (Wildman–Crippen MR) is 119 cm³/mol. The van der Waals surface area contributed by atoms with Crippen LogP contribution < -0.4 is 15.0 Å². The largest absolute Gasteiger partial charge is 0.496 e. The third kappa shape index (κ3) is 2.69. The highest BCUT2D eigenvalue weighted by atomic mass is 16.5. The van der Waals surface area contributed by atoms with Gasteiger partial charge in [-0.25, -0.2) is 0 Å². The fraction of sp³-hybridized carbons (Fsp3) is 0.375. The summed E-state index contributed by atoms with van der Waals surface area (Å²) in [6.45, 7) is 0.513. The Kier molecular flexibility index (Phi) is 4.36. The minimum atomic E-state index is -0.713. The number of hydrogen-bond donors (Lipinski definition) is 1. The lowest BCUT2D eigenvalue weighted by Crippen LogP contribution is -2.27. The normalized spacial score (nSPS) is 23.2. The number of benzene rings is 1. The zero-order chi connectivity index (χ0) is 22.8. The molecule has 0 amide bonds. The fourth-order valence-electron chi connectivity index (χ4n) is 5.07. The first-order chi connectivity index (χ1) is 15.3. The van der Waals surface area contributed by atoms with E-state index in [0.29, 0.717) is 36.3 Å². The lowest BCUT2D eigenvalue weighted by Gasteiger charge is -2.23. The van der Waals surface area contributed by atoms with E-state index in [0.717, 1.165) is 22.1 Å². The number of aliphatic carboxylic acids is 1. The van der Waals surface area contributed by atoms with Crippen LogP contribution in [-0.4, -0.2) is 52.3 Å². The number of hydrogen-bond acceptors (Lipinski definition) is 6. The second-order valence-corrected chi connectivity index (χ2v) is 8.87. The highest BCUT2D eigenvalue weighted by Crippen LogP contribution is 2.81. The van der Waals surface area contributed by atoms with Crippen molar-refractivity contribution in [2.45, 2.75) is 24.9 Å². The minimum absolute atomic E-state index is 0.107. The number of nitrogens with zero attached hydrogens (tertiary/aromatic N) is 3. The number of aromatic nitrogens is 2. The van der Waals surface area contributed by atoms with Crippen LogP contribution in [0.3, 0.4) is 0 Å². The zero-order valence-electron chi connectivity index (χ0n) is 18.5. The molecule has 2 saturated carbocycles. The van der Waals surface area contributed by atoms with E-state index >= 15 is 0 Å². The van der Waals surface area contributed by atoms with Crippen LogP contribution in [0.2, 0.25) is 0 Å². The summed E-state index contributed by atoms with van der Waals surface area (Å²) in [5.41, 5.74) is 1.65. The van der Waals surface area contributed by atoms with Crippen LogP contribution in [0.25, 0.3) is 21.9 Å². The zero-order valence-corrected chi connectivity index (χ0v) is 18.5. The predicted octanol–water partition coefficient (Wildman–Crippen LogP) is 2.67. The van der Waals surface area contributed by atoms with Crippen LogP contribution in [0.4, 0.5) is 0 Å². The van der Waals surface area contributed by atoms with Crippen molar-refractivity contribution in [3.63, 3.8) is 0 Å². The number of carboxylic acid groups (broad SMARTS) is 1. The van der Waals surface area contributed by atoms with E-state index < -0.39 is 11.4 Å². The Labute approximate surface area is 185 Å². The molecule has 0 atom stereocenters. The van der Waals surface area contributed by atoms with E-state index in [2.05, 4.69) is 9.88 Å². The molecule has 0 radical (unpaired) electrons. The molecule has 0 bridgehead atoms. The Balaban J connectivity index is 1.58. The molecule has 2 aromatic heterocycles. The van der Waals surface area contributed by atoms with Crippen LogP contribution in [0.15, 0.2) is 41.6 Å². The molecule has 2 heterocycles. The maximum absolute atomic E-state index is 12.5. The number of ether oxygens (including phenoxy) is 2. The number of aryl methyl sites for hydroxylation is 1. The standard InChI is InChI=1S/C24H25N3O5/c1-26-10-17(15-5-6-25-9-16(15)21(26)28)14-7-19(31-3)18(20(8-14)32-4)11-27(2)24-12-23(24,13-24)22(29)30/h5-10H,11-13H2,1-4H3,(H,29,30). The summed E-state index contributed by atoms with van der Waals surface area (Å²) in [5.74, 6) is 0.594. The highest BCUT2D eigenvalue weighted by Gasteiger charge is 2.89. The average Bonchev–Trinajstić information content (AvgIpc) is 3.64. The molecule has 0 unspecified atom stereocenters. The number of carbonyl (C=O) groups is 1. The van der Waals surface area contributed by atoms with Crippen LogP contribution >= 0.6 is 0 Å². The molecule has 5 rings (SSSR count). The topological polar surface area (TPSA) is 93.9 Å². The number of carboxylic acids is 1. The van der Waals surface area contributed by atoms with Gasteiger partial charge in [0.15, 0.2) is 0 Å². The molecular weight excluding hydrogens is 410 g/mol. The summed E-state index contributed by atoms with van der Waals surface area (Å²) in [6, 6.07) is 5.71. The molecule has 2 fully saturated rings. The average molecular weight is 435 g/mol. The maximum atomic E-state index is 12.5. The lowest BCUT2D eigenvalue weighted by atomic mass is 9.99. The number of rotatable bonds is 7. The van der Waals surface area contributed by atoms with E-state index in [4.69, 9.17) is 9.47 Å². The van der Waals surface area contributed by atoms with Gasteiger partial charge in [0.2, 0.25) is 0 Å². The Morgan fingerprint density at radius 3 is 2.44 bits per heavy atom. The summed E-state index contributed by atoms with van der Waals surface area (Å²) in [7, 11) is 6.89. The summed E-state index contributed by atoms with van der Waals surface area (Å²) in [5, 5.41) is 10.9. The van der Waals surface area contributed by atoms with Crippen molar-refractivity contribution in [2.24, 2.45) is 12.5 Å². The Bertz CT molecular complexity index is 1300. The van der Waals surface area contributed by atoms with E-state index in [1.165, 1.54) is 0 Å². The Morgan fingerprint density at radius 1 is 1.22 bits per heavy atom. The van der Waals surface area contributed by atoms with Gasteiger partial charge < -0.3 is 19.1 Å². The molecule has 2 aliphatic carbocycles. The molecule has 0 aliphatic heterocycles. The number of methoxy groups -OCH3 is 2. The first-order valence-electron chi connectivity index (χ1n) is 10.4. The summed E-state index contributed by atoms with van der Waals surface area (Å²) in [4.78, 5) is 30.3. The van der Waals surface area contributed by atoms with Crippen LogP contribution in [0.5, 0.6) is 11.5 Å². The summed E-state index contributed by atoms with van der Waals surface area (Å²) < 4.78 is 13.0. The van der Waals surface area contributed by atoms with Gasteiger partial charge in [0.25, 0.3) is 5.56 Å². The molecule has 2 aliphatic rings. The first-order valence-corrected chi connectivity index (χ1v) is 10.4. The van der Waals surface area contributed by atoms with Gasteiger partial charge in [-0.15, -0.1) is 0 Å².